The van der Waals surface area contributed by atoms with Gasteiger partial charge in [-0.3, -0.25) is 9.59 Å². The quantitative estimate of drug-likeness (QED) is 0.652. The first kappa shape index (κ1) is 20.0. The molecule has 1 aliphatic carbocycles. The van der Waals surface area contributed by atoms with Gasteiger partial charge < -0.3 is 9.80 Å². The van der Waals surface area contributed by atoms with Gasteiger partial charge in [0.15, 0.2) is 5.65 Å². The number of piperazine rings is 1. The van der Waals surface area contributed by atoms with Crippen molar-refractivity contribution in [1.82, 2.24) is 24.4 Å². The van der Waals surface area contributed by atoms with E-state index in [2.05, 4.69) is 6.92 Å². The summed E-state index contributed by atoms with van der Waals surface area (Å²) < 4.78 is 1.91. The van der Waals surface area contributed by atoms with Crippen molar-refractivity contribution in [3.05, 3.63) is 41.2 Å². The molecule has 0 spiro atoms. The topological polar surface area (TPSA) is 70.8 Å². The Morgan fingerprint density at radius 1 is 1.03 bits per heavy atom. The van der Waals surface area contributed by atoms with Crippen molar-refractivity contribution in [2.24, 2.45) is 5.92 Å². The number of aromatic nitrogens is 3. The summed E-state index contributed by atoms with van der Waals surface area (Å²) in [6.45, 7) is 6.66. The predicted molar refractivity (Wildman–Crippen MR) is 119 cm³/mol. The first-order chi connectivity index (χ1) is 15.0. The minimum absolute atomic E-state index is 0.153. The number of benzene rings is 1. The molecule has 1 aromatic carbocycles. The molecule has 0 unspecified atom stereocenters. The fourth-order valence-corrected chi connectivity index (χ4v) is 4.82. The van der Waals surface area contributed by atoms with Crippen LogP contribution in [0.1, 0.15) is 42.6 Å². The molecule has 2 aliphatic rings. The molecule has 7 nitrogen and oxygen atoms in total. The molecular formula is C24H29N5O2. The van der Waals surface area contributed by atoms with Crippen molar-refractivity contribution in [2.75, 3.05) is 26.2 Å². The van der Waals surface area contributed by atoms with E-state index in [9.17, 15) is 9.59 Å². The van der Waals surface area contributed by atoms with Crippen molar-refractivity contribution < 1.29 is 9.59 Å². The Labute approximate surface area is 182 Å². The predicted octanol–water partition coefficient (Wildman–Crippen LogP) is 2.90. The van der Waals surface area contributed by atoms with E-state index < -0.39 is 0 Å². The van der Waals surface area contributed by atoms with Gasteiger partial charge in [-0.2, -0.15) is 5.10 Å². The van der Waals surface area contributed by atoms with Gasteiger partial charge in [-0.25, -0.2) is 9.50 Å². The average molecular weight is 420 g/mol. The minimum Gasteiger partial charge on any atom is -0.339 e. The maximum atomic E-state index is 12.9. The summed E-state index contributed by atoms with van der Waals surface area (Å²) in [4.78, 5) is 33.9. The van der Waals surface area contributed by atoms with Gasteiger partial charge in [-0.05, 0) is 50.8 Å². The first-order valence-corrected chi connectivity index (χ1v) is 11.3. The SMILES string of the molecule is Cc1nc2c3ccccc3nn2c(C)c1CCC(=O)N1CCN(C(=O)C2CCC2)CC1. The first-order valence-electron chi connectivity index (χ1n) is 11.3. The monoisotopic (exact) mass is 419 g/mol. The molecule has 3 heterocycles. The van der Waals surface area contributed by atoms with Gasteiger partial charge in [0.2, 0.25) is 11.8 Å². The minimum atomic E-state index is 0.153. The number of hydrogen-bond donors (Lipinski definition) is 0. The number of carbonyl (C=O) groups excluding carboxylic acids is 2. The Morgan fingerprint density at radius 3 is 2.45 bits per heavy atom. The third-order valence-electron chi connectivity index (χ3n) is 7.01. The Hall–Kier alpha value is -2.96. The van der Waals surface area contributed by atoms with Gasteiger partial charge in [0.25, 0.3) is 0 Å². The number of fused-ring (bicyclic) bond motifs is 3. The van der Waals surface area contributed by atoms with Gasteiger partial charge in [-0.1, -0.05) is 18.6 Å². The van der Waals surface area contributed by atoms with Crippen molar-refractivity contribution in [2.45, 2.75) is 46.0 Å². The highest BCUT2D eigenvalue weighted by molar-refractivity contribution is 5.92. The van der Waals surface area contributed by atoms with E-state index in [1.165, 1.54) is 6.42 Å². The molecule has 2 aromatic heterocycles. The molecule has 31 heavy (non-hydrogen) atoms. The van der Waals surface area contributed by atoms with Crippen molar-refractivity contribution in [3.8, 4) is 0 Å². The van der Waals surface area contributed by atoms with Crippen molar-refractivity contribution in [3.63, 3.8) is 0 Å². The summed E-state index contributed by atoms with van der Waals surface area (Å²) >= 11 is 0. The summed E-state index contributed by atoms with van der Waals surface area (Å²) in [7, 11) is 0. The fourth-order valence-electron chi connectivity index (χ4n) is 4.82. The normalized spacial score (nSPS) is 17.4. The zero-order valence-electron chi connectivity index (χ0n) is 18.3. The summed E-state index contributed by atoms with van der Waals surface area (Å²) in [5, 5.41) is 5.75. The van der Waals surface area contributed by atoms with Crippen LogP contribution in [-0.4, -0.2) is 62.4 Å². The Kier molecular flexibility index (Phi) is 5.12. The zero-order chi connectivity index (χ0) is 21.5. The molecule has 3 aromatic rings. The molecule has 0 radical (unpaired) electrons. The second-order valence-electron chi connectivity index (χ2n) is 8.85. The fraction of sp³-hybridized carbons (Fsp3) is 0.500. The molecule has 162 valence electrons. The third-order valence-corrected chi connectivity index (χ3v) is 7.01. The summed E-state index contributed by atoms with van der Waals surface area (Å²) in [6, 6.07) is 8.03. The van der Waals surface area contributed by atoms with Crippen LogP contribution in [0.15, 0.2) is 24.3 Å². The lowest BCUT2D eigenvalue weighted by Crippen LogP contribution is -2.52. The van der Waals surface area contributed by atoms with E-state index in [4.69, 9.17) is 10.1 Å². The van der Waals surface area contributed by atoms with Gasteiger partial charge in [-0.15, -0.1) is 0 Å². The summed E-state index contributed by atoms with van der Waals surface area (Å²) in [6.07, 6.45) is 4.33. The van der Waals surface area contributed by atoms with Crippen LogP contribution < -0.4 is 0 Å². The molecule has 1 saturated carbocycles. The van der Waals surface area contributed by atoms with Crippen LogP contribution in [-0.2, 0) is 16.0 Å². The number of rotatable bonds is 4. The molecule has 0 bridgehead atoms. The zero-order valence-corrected chi connectivity index (χ0v) is 18.3. The van der Waals surface area contributed by atoms with Gasteiger partial charge in [0.1, 0.15) is 0 Å². The second-order valence-corrected chi connectivity index (χ2v) is 8.85. The Morgan fingerprint density at radius 2 is 1.74 bits per heavy atom. The number of amides is 2. The molecule has 1 aliphatic heterocycles. The van der Waals surface area contributed by atoms with Crippen LogP contribution in [0.25, 0.3) is 16.6 Å². The highest BCUT2D eigenvalue weighted by atomic mass is 16.2. The smallest absolute Gasteiger partial charge is 0.225 e. The molecular weight excluding hydrogens is 390 g/mol. The van der Waals surface area contributed by atoms with Gasteiger partial charge >= 0.3 is 0 Å². The van der Waals surface area contributed by atoms with Crippen LogP contribution in [0, 0.1) is 19.8 Å². The van der Waals surface area contributed by atoms with Crippen LogP contribution in [0.2, 0.25) is 0 Å². The molecule has 5 rings (SSSR count). The highest BCUT2D eigenvalue weighted by Gasteiger charge is 2.32. The standard InChI is InChI=1S/C24H29N5O2/c1-16-19(17(2)29-23(25-16)20-8-3-4-9-21(20)26-29)10-11-22(30)27-12-14-28(15-13-27)24(31)18-6-5-7-18/h3-4,8-9,18H,5-7,10-15H2,1-2H3. The lowest BCUT2D eigenvalue weighted by atomic mass is 9.84. The van der Waals surface area contributed by atoms with E-state index in [1.54, 1.807) is 0 Å². The van der Waals surface area contributed by atoms with E-state index >= 15 is 0 Å². The number of aryl methyl sites for hydroxylation is 2. The van der Waals surface area contributed by atoms with Gasteiger partial charge in [0, 0.05) is 55.3 Å². The maximum Gasteiger partial charge on any atom is 0.225 e. The Bertz CT molecular complexity index is 1160. The summed E-state index contributed by atoms with van der Waals surface area (Å²) in [5.74, 6) is 0.672. The number of hydrogen-bond acceptors (Lipinski definition) is 4. The Balaban J connectivity index is 1.25. The van der Waals surface area contributed by atoms with Crippen LogP contribution in [0.3, 0.4) is 0 Å². The molecule has 0 N–H and O–H groups in total. The molecule has 0 atom stereocenters. The van der Waals surface area contributed by atoms with E-state index in [-0.39, 0.29) is 17.7 Å². The van der Waals surface area contributed by atoms with Crippen LogP contribution >= 0.6 is 0 Å². The lowest BCUT2D eigenvalue weighted by Gasteiger charge is -2.38. The molecule has 7 heteroatoms. The maximum absolute atomic E-state index is 12.9. The number of nitrogens with zero attached hydrogens (tertiary/aromatic N) is 5. The molecule has 1 saturated heterocycles. The third kappa shape index (κ3) is 3.56. The van der Waals surface area contributed by atoms with E-state index in [0.29, 0.717) is 39.0 Å². The lowest BCUT2D eigenvalue weighted by molar-refractivity contribution is -0.144. The highest BCUT2D eigenvalue weighted by Crippen LogP contribution is 2.28. The van der Waals surface area contributed by atoms with Crippen molar-refractivity contribution >= 4 is 28.4 Å². The van der Waals surface area contributed by atoms with Crippen LogP contribution in [0.5, 0.6) is 0 Å². The largest absolute Gasteiger partial charge is 0.339 e. The van der Waals surface area contributed by atoms with Crippen LogP contribution in [0.4, 0.5) is 0 Å². The molecule has 2 amide bonds. The number of carbonyl (C=O) groups is 2. The van der Waals surface area contributed by atoms with Crippen molar-refractivity contribution in [1.29, 1.82) is 0 Å². The van der Waals surface area contributed by atoms with E-state index in [1.807, 2.05) is 45.5 Å². The van der Waals surface area contributed by atoms with Gasteiger partial charge in [0.05, 0.1) is 5.52 Å². The molecule has 2 fully saturated rings. The van der Waals surface area contributed by atoms with E-state index in [0.717, 1.165) is 46.3 Å². The summed E-state index contributed by atoms with van der Waals surface area (Å²) in [5.41, 5.74) is 4.89. The second kappa shape index (κ2) is 7.94. The average Bonchev–Trinajstić information content (AvgIpc) is 3.11.